The molecule has 0 fully saturated rings. The number of hydrogen-bond acceptors (Lipinski definition) is 4. The number of amidine groups is 2. The number of carbonyl (C=O) groups excluding carboxylic acids is 2. The van der Waals surface area contributed by atoms with Gasteiger partial charge in [0.15, 0.2) is 0 Å². The number of nitrogens with zero attached hydrogens (tertiary/aromatic N) is 2. The Labute approximate surface area is 273 Å². The van der Waals surface area contributed by atoms with Crippen LogP contribution in [0.25, 0.3) is 0 Å². The van der Waals surface area contributed by atoms with Gasteiger partial charge in [0, 0.05) is 58.0 Å². The molecule has 0 atom stereocenters. The first kappa shape index (κ1) is 36.6. The van der Waals surface area contributed by atoms with Crippen LogP contribution < -0.4 is 31.9 Å². The molecule has 10 nitrogen and oxygen atoms in total. The van der Waals surface area contributed by atoms with Gasteiger partial charge in [0.2, 0.25) is 0 Å². The zero-order valence-corrected chi connectivity index (χ0v) is 28.2. The van der Waals surface area contributed by atoms with E-state index in [2.05, 4.69) is 69.6 Å². The molecule has 45 heavy (non-hydrogen) atoms. The van der Waals surface area contributed by atoms with E-state index in [0.29, 0.717) is 22.7 Å². The van der Waals surface area contributed by atoms with E-state index in [4.69, 9.17) is 0 Å². The molecule has 4 amide bonds. The van der Waals surface area contributed by atoms with E-state index in [1.807, 2.05) is 76.2 Å². The van der Waals surface area contributed by atoms with Gasteiger partial charge in [-0.2, -0.15) is 0 Å². The average Bonchev–Trinajstić information content (AvgIpc) is 2.93. The van der Waals surface area contributed by atoms with Crippen LogP contribution in [0.3, 0.4) is 0 Å². The zero-order chi connectivity index (χ0) is 32.2. The number of nitrogens with one attached hydrogen (secondary N) is 6. The predicted octanol–water partition coefficient (Wildman–Crippen LogP) is 7.70. The largest absolute Gasteiger partial charge is 0.368 e. The smallest absolute Gasteiger partial charge is 0.323 e. The van der Waals surface area contributed by atoms with Gasteiger partial charge in [-0.15, -0.1) is 12.4 Å². The van der Waals surface area contributed by atoms with Gasteiger partial charge in [0.05, 0.1) is 0 Å². The van der Waals surface area contributed by atoms with E-state index < -0.39 is 0 Å². The molecule has 0 bridgehead atoms. The number of halogens is 1. The Balaban J connectivity index is 0.00000705. The van der Waals surface area contributed by atoms with Gasteiger partial charge in [-0.1, -0.05) is 0 Å². The van der Waals surface area contributed by atoms with E-state index in [9.17, 15) is 9.59 Å². The molecule has 0 heterocycles. The number of carbonyl (C=O) groups is 2. The topological polar surface area (TPSA) is 131 Å². The quantitative estimate of drug-likeness (QED) is 0.101. The van der Waals surface area contributed by atoms with E-state index in [0.717, 1.165) is 22.8 Å². The van der Waals surface area contributed by atoms with E-state index in [1.165, 1.54) is 0 Å². The van der Waals surface area contributed by atoms with Crippen molar-refractivity contribution in [2.45, 2.75) is 79.6 Å². The third-order valence-electron chi connectivity index (χ3n) is 5.86. The lowest BCUT2D eigenvalue weighted by molar-refractivity contribution is 0.261. The normalized spacial score (nSPS) is 11.7. The first-order valence-corrected chi connectivity index (χ1v) is 15.0. The summed E-state index contributed by atoms with van der Waals surface area (Å²) >= 11 is 0. The summed E-state index contributed by atoms with van der Waals surface area (Å²) in [6, 6.07) is 22.0. The van der Waals surface area contributed by atoms with Crippen molar-refractivity contribution in [1.82, 2.24) is 10.6 Å². The molecule has 0 aliphatic rings. The van der Waals surface area contributed by atoms with Crippen LogP contribution in [0.5, 0.6) is 0 Å². The summed E-state index contributed by atoms with van der Waals surface area (Å²) in [5.41, 5.74) is 4.38. The molecule has 3 rings (SSSR count). The van der Waals surface area contributed by atoms with E-state index >= 15 is 0 Å². The molecule has 0 radical (unpaired) electrons. The molecule has 3 aromatic carbocycles. The van der Waals surface area contributed by atoms with Gasteiger partial charge in [-0.05, 0) is 128 Å². The molecule has 0 unspecified atom stereocenters. The number of rotatable bonds is 10. The summed E-state index contributed by atoms with van der Waals surface area (Å²) in [5.74, 6) is 1.65. The first-order chi connectivity index (χ1) is 20.9. The number of hydrogen-bond donors (Lipinski definition) is 6. The van der Waals surface area contributed by atoms with Gasteiger partial charge in [0.25, 0.3) is 0 Å². The fraction of sp³-hybridized carbons (Fsp3) is 0.353. The Morgan fingerprint density at radius 2 is 0.711 bits per heavy atom. The van der Waals surface area contributed by atoms with Gasteiger partial charge in [-0.3, -0.25) is 9.98 Å². The number of anilines is 4. The van der Waals surface area contributed by atoms with Crippen molar-refractivity contribution in [3.05, 3.63) is 83.9 Å². The monoisotopic (exact) mass is 634 g/mol. The van der Waals surface area contributed by atoms with Gasteiger partial charge in [-0.25, -0.2) is 9.59 Å². The SMILES string of the molecule is CC(C)N=C(NC(C)C)c1ccc(NC(=O)Nc2ccc(NC(=O)Nc3ccc(C(=NC(C)C)NC(C)C)cc3)cc2)cc1.Cl. The molecular formula is C34H47ClN8O2. The minimum absolute atomic E-state index is 0. The van der Waals surface area contributed by atoms with Crippen LogP contribution in [0.1, 0.15) is 66.5 Å². The molecule has 242 valence electrons. The summed E-state index contributed by atoms with van der Waals surface area (Å²) in [6.45, 7) is 16.4. The van der Waals surface area contributed by atoms with Crippen molar-refractivity contribution >= 4 is 58.9 Å². The molecule has 0 saturated carbocycles. The second-order valence-corrected chi connectivity index (χ2v) is 11.6. The van der Waals surface area contributed by atoms with Crippen LogP contribution in [-0.4, -0.2) is 47.9 Å². The molecule has 0 aliphatic carbocycles. The fourth-order valence-corrected chi connectivity index (χ4v) is 4.10. The van der Waals surface area contributed by atoms with Crippen molar-refractivity contribution in [2.75, 3.05) is 21.3 Å². The highest BCUT2D eigenvalue weighted by atomic mass is 35.5. The van der Waals surface area contributed by atoms with Crippen LogP contribution in [0.4, 0.5) is 32.3 Å². The number of urea groups is 2. The van der Waals surface area contributed by atoms with Crippen LogP contribution >= 0.6 is 12.4 Å². The molecule has 0 spiro atoms. The maximum absolute atomic E-state index is 12.6. The molecule has 0 aliphatic heterocycles. The lowest BCUT2D eigenvalue weighted by atomic mass is 10.1. The van der Waals surface area contributed by atoms with Crippen LogP contribution in [0, 0.1) is 0 Å². The highest BCUT2D eigenvalue weighted by Crippen LogP contribution is 2.17. The van der Waals surface area contributed by atoms with Gasteiger partial charge >= 0.3 is 12.1 Å². The molecule has 11 heteroatoms. The Morgan fingerprint density at radius 3 is 0.933 bits per heavy atom. The highest BCUT2D eigenvalue weighted by molar-refractivity contribution is 6.03. The van der Waals surface area contributed by atoms with Gasteiger partial charge in [0.1, 0.15) is 11.7 Å². The third-order valence-corrected chi connectivity index (χ3v) is 5.86. The Hall–Kier alpha value is -4.57. The second kappa shape index (κ2) is 17.7. The van der Waals surface area contributed by atoms with Crippen molar-refractivity contribution in [1.29, 1.82) is 0 Å². The highest BCUT2D eigenvalue weighted by Gasteiger charge is 2.10. The Kier molecular flexibility index (Phi) is 14.4. The minimum Gasteiger partial charge on any atom is -0.368 e. The number of amides is 4. The molecule has 3 aromatic rings. The van der Waals surface area contributed by atoms with E-state index in [-0.39, 0.29) is 48.6 Å². The molecule has 0 aromatic heterocycles. The van der Waals surface area contributed by atoms with Crippen molar-refractivity contribution in [3.8, 4) is 0 Å². The predicted molar refractivity (Wildman–Crippen MR) is 192 cm³/mol. The van der Waals surface area contributed by atoms with Crippen molar-refractivity contribution in [2.24, 2.45) is 9.98 Å². The third kappa shape index (κ3) is 12.9. The van der Waals surface area contributed by atoms with Crippen molar-refractivity contribution in [3.63, 3.8) is 0 Å². The number of benzene rings is 3. The lowest BCUT2D eigenvalue weighted by Gasteiger charge is -2.15. The second-order valence-electron chi connectivity index (χ2n) is 11.6. The van der Waals surface area contributed by atoms with Crippen LogP contribution in [0.2, 0.25) is 0 Å². The van der Waals surface area contributed by atoms with Crippen molar-refractivity contribution < 1.29 is 9.59 Å². The average molecular weight is 635 g/mol. The Bertz CT molecular complexity index is 1320. The minimum atomic E-state index is -0.374. The standard InChI is InChI=1S/C34H46N8O2.ClH/c1-21(2)35-31(36-22(3)4)25-9-13-27(14-10-25)39-33(43)41-29-17-19-30(20-18-29)42-34(44)40-28-15-11-26(12-16-28)32(37-23(5)6)38-24(7)8;/h9-24H,1-8H3,(H,35,36)(H,37,38)(H2,39,41,43)(H2,40,42,44);1H. The summed E-state index contributed by atoms with van der Waals surface area (Å²) in [5, 5.41) is 18.1. The lowest BCUT2D eigenvalue weighted by Crippen LogP contribution is -2.32. The number of aliphatic imine (C=N–C) groups is 2. The summed E-state index contributed by atoms with van der Waals surface area (Å²) in [7, 11) is 0. The maximum atomic E-state index is 12.6. The zero-order valence-electron chi connectivity index (χ0n) is 27.4. The maximum Gasteiger partial charge on any atom is 0.323 e. The van der Waals surface area contributed by atoms with Crippen LogP contribution in [-0.2, 0) is 0 Å². The van der Waals surface area contributed by atoms with Crippen LogP contribution in [0.15, 0.2) is 82.8 Å². The molecule has 0 saturated heterocycles. The van der Waals surface area contributed by atoms with Gasteiger partial charge < -0.3 is 31.9 Å². The molecule has 6 N–H and O–H groups in total. The first-order valence-electron chi connectivity index (χ1n) is 15.0. The summed E-state index contributed by atoms with van der Waals surface area (Å²) < 4.78 is 0. The molecular weight excluding hydrogens is 588 g/mol. The summed E-state index contributed by atoms with van der Waals surface area (Å²) in [4.78, 5) is 34.5. The van der Waals surface area contributed by atoms with E-state index in [1.54, 1.807) is 24.3 Å². The fourth-order valence-electron chi connectivity index (χ4n) is 4.10. The Morgan fingerprint density at radius 1 is 0.467 bits per heavy atom. The summed E-state index contributed by atoms with van der Waals surface area (Å²) in [6.07, 6.45) is 0.